The van der Waals surface area contributed by atoms with Crippen LogP contribution in [0.2, 0.25) is 5.02 Å². The summed E-state index contributed by atoms with van der Waals surface area (Å²) >= 11 is 8.98. The molecule has 0 bridgehead atoms. The van der Waals surface area contributed by atoms with Crippen LogP contribution in [0.25, 0.3) is 0 Å². The summed E-state index contributed by atoms with van der Waals surface area (Å²) in [6.07, 6.45) is 0. The first-order chi connectivity index (χ1) is 9.75. The fourth-order valence-corrected chi connectivity index (χ4v) is 4.21. The van der Waals surface area contributed by atoms with Gasteiger partial charge in [0.2, 0.25) is 0 Å². The van der Waals surface area contributed by atoms with E-state index in [1.54, 1.807) is 6.07 Å². The fourth-order valence-electron chi connectivity index (χ4n) is 1.76. The van der Waals surface area contributed by atoms with E-state index >= 15 is 0 Å². The van der Waals surface area contributed by atoms with Gasteiger partial charge in [-0.3, -0.25) is 4.31 Å². The van der Waals surface area contributed by atoms with Crippen LogP contribution in [0.15, 0.2) is 45.8 Å². The van der Waals surface area contributed by atoms with E-state index in [2.05, 4.69) is 15.9 Å². The van der Waals surface area contributed by atoms with Crippen molar-refractivity contribution < 1.29 is 12.8 Å². The quantitative estimate of drug-likeness (QED) is 0.810. The minimum atomic E-state index is -4.01. The predicted octanol–water partition coefficient (Wildman–Crippen LogP) is 3.65. The van der Waals surface area contributed by atoms with Crippen molar-refractivity contribution in [2.45, 2.75) is 4.90 Å². The summed E-state index contributed by atoms with van der Waals surface area (Å²) in [6.45, 7) is 0. The number of rotatable bonds is 3. The van der Waals surface area contributed by atoms with Crippen LogP contribution < -0.4 is 10.0 Å². The zero-order valence-electron chi connectivity index (χ0n) is 10.8. The molecule has 0 unspecified atom stereocenters. The monoisotopic (exact) mass is 392 g/mol. The minimum Gasteiger partial charge on any atom is -0.398 e. The predicted molar refractivity (Wildman–Crippen MR) is 85.6 cm³/mol. The molecule has 0 saturated carbocycles. The van der Waals surface area contributed by atoms with Crippen LogP contribution in [0.1, 0.15) is 0 Å². The molecule has 0 aromatic heterocycles. The molecule has 4 nitrogen and oxygen atoms in total. The molecule has 0 aliphatic heterocycles. The van der Waals surface area contributed by atoms with Gasteiger partial charge in [0.15, 0.2) is 0 Å². The highest BCUT2D eigenvalue weighted by Crippen LogP contribution is 2.34. The first kappa shape index (κ1) is 16.1. The number of nitrogens with zero attached hydrogens (tertiary/aromatic N) is 1. The minimum absolute atomic E-state index is 0.0667. The van der Waals surface area contributed by atoms with Crippen molar-refractivity contribution in [2.75, 3.05) is 17.1 Å². The molecule has 2 rings (SSSR count). The van der Waals surface area contributed by atoms with E-state index in [1.165, 1.54) is 37.4 Å². The summed E-state index contributed by atoms with van der Waals surface area (Å²) in [4.78, 5) is -0.127. The Balaban J connectivity index is 2.60. The Morgan fingerprint density at radius 3 is 2.52 bits per heavy atom. The Morgan fingerprint density at radius 2 is 1.90 bits per heavy atom. The number of para-hydroxylation sites is 1. The third-order valence-corrected chi connectivity index (χ3v) is 6.02. The molecule has 0 spiro atoms. The Labute approximate surface area is 135 Å². The molecule has 0 fully saturated rings. The highest BCUT2D eigenvalue weighted by molar-refractivity contribution is 9.10. The Hall–Kier alpha value is -1.31. The van der Waals surface area contributed by atoms with E-state index in [4.69, 9.17) is 17.3 Å². The summed E-state index contributed by atoms with van der Waals surface area (Å²) in [7, 11) is -2.75. The molecule has 2 aromatic rings. The lowest BCUT2D eigenvalue weighted by molar-refractivity contribution is 0.589. The third-order valence-electron chi connectivity index (χ3n) is 2.86. The van der Waals surface area contributed by atoms with Crippen molar-refractivity contribution in [3.63, 3.8) is 0 Å². The molecule has 0 amide bonds. The Morgan fingerprint density at radius 1 is 1.29 bits per heavy atom. The number of hydrogen-bond acceptors (Lipinski definition) is 3. The molecular weight excluding hydrogens is 383 g/mol. The number of halogens is 3. The summed E-state index contributed by atoms with van der Waals surface area (Å²) < 4.78 is 40.1. The van der Waals surface area contributed by atoms with Crippen molar-refractivity contribution in [1.29, 1.82) is 0 Å². The van der Waals surface area contributed by atoms with Crippen LogP contribution in [-0.4, -0.2) is 15.5 Å². The molecule has 0 aliphatic rings. The van der Waals surface area contributed by atoms with Crippen molar-refractivity contribution in [2.24, 2.45) is 0 Å². The molecule has 21 heavy (non-hydrogen) atoms. The molecule has 0 aliphatic carbocycles. The van der Waals surface area contributed by atoms with Crippen LogP contribution in [0.3, 0.4) is 0 Å². The van der Waals surface area contributed by atoms with Crippen molar-refractivity contribution in [1.82, 2.24) is 0 Å². The maximum Gasteiger partial charge on any atom is 0.265 e. The molecule has 2 N–H and O–H groups in total. The van der Waals surface area contributed by atoms with Gasteiger partial charge in [-0.1, -0.05) is 23.7 Å². The SMILES string of the molecule is CN(c1ccccc1F)S(=O)(=O)c1cc(Cl)cc(N)c1Br. The Kier molecular flexibility index (Phi) is 4.46. The van der Waals surface area contributed by atoms with Crippen molar-refractivity contribution in [3.8, 4) is 0 Å². The topological polar surface area (TPSA) is 63.4 Å². The largest absolute Gasteiger partial charge is 0.398 e. The van der Waals surface area contributed by atoms with Crippen LogP contribution in [0.5, 0.6) is 0 Å². The average Bonchev–Trinajstić information content (AvgIpc) is 2.42. The number of sulfonamides is 1. The summed E-state index contributed by atoms with van der Waals surface area (Å²) in [5.74, 6) is -0.644. The smallest absolute Gasteiger partial charge is 0.265 e. The average molecular weight is 394 g/mol. The summed E-state index contributed by atoms with van der Waals surface area (Å²) in [5, 5.41) is 0.177. The van der Waals surface area contributed by atoms with Gasteiger partial charge in [-0.05, 0) is 40.2 Å². The van der Waals surface area contributed by atoms with Crippen LogP contribution in [0.4, 0.5) is 15.8 Å². The number of nitrogen functional groups attached to an aromatic ring is 1. The first-order valence-corrected chi connectivity index (χ1v) is 8.34. The normalized spacial score (nSPS) is 11.4. The lowest BCUT2D eigenvalue weighted by Crippen LogP contribution is -2.27. The van der Waals surface area contributed by atoms with E-state index in [1.807, 2.05) is 0 Å². The summed E-state index contributed by atoms with van der Waals surface area (Å²) in [5.41, 5.74) is 5.82. The lowest BCUT2D eigenvalue weighted by Gasteiger charge is -2.21. The molecule has 0 atom stereocenters. The van der Waals surface area contributed by atoms with Gasteiger partial charge in [0, 0.05) is 17.8 Å². The number of anilines is 2. The first-order valence-electron chi connectivity index (χ1n) is 5.73. The number of hydrogen-bond donors (Lipinski definition) is 1. The lowest BCUT2D eigenvalue weighted by atomic mass is 10.3. The zero-order chi connectivity index (χ0) is 15.8. The van der Waals surface area contributed by atoms with Crippen LogP contribution in [0, 0.1) is 5.82 Å². The van der Waals surface area contributed by atoms with Gasteiger partial charge < -0.3 is 5.73 Å². The van der Waals surface area contributed by atoms with Gasteiger partial charge in [0.25, 0.3) is 10.0 Å². The van der Waals surface area contributed by atoms with E-state index in [0.717, 1.165) is 4.31 Å². The van der Waals surface area contributed by atoms with Gasteiger partial charge in [-0.15, -0.1) is 0 Å². The fraction of sp³-hybridized carbons (Fsp3) is 0.0769. The number of nitrogens with two attached hydrogens (primary N) is 1. The second-order valence-corrected chi connectivity index (χ2v) is 7.40. The van der Waals surface area contributed by atoms with Gasteiger partial charge in [0.1, 0.15) is 10.7 Å². The van der Waals surface area contributed by atoms with Gasteiger partial charge in [-0.2, -0.15) is 0 Å². The zero-order valence-corrected chi connectivity index (χ0v) is 14.0. The highest BCUT2D eigenvalue weighted by Gasteiger charge is 2.27. The molecule has 8 heteroatoms. The standard InChI is InChI=1S/C13H11BrClFN2O2S/c1-18(11-5-3-2-4-9(11)16)21(19,20)12-7-8(15)6-10(17)13(12)14/h2-7H,17H2,1H3. The molecular formula is C13H11BrClFN2O2S. The summed E-state index contributed by atoms with van der Waals surface area (Å²) in [6, 6.07) is 8.26. The molecule has 0 radical (unpaired) electrons. The second-order valence-electron chi connectivity index (χ2n) is 4.23. The molecule has 2 aromatic carbocycles. The van der Waals surface area contributed by atoms with Crippen LogP contribution in [-0.2, 0) is 10.0 Å². The molecule has 112 valence electrons. The van der Waals surface area contributed by atoms with Gasteiger partial charge in [-0.25, -0.2) is 12.8 Å². The van der Waals surface area contributed by atoms with Crippen LogP contribution >= 0.6 is 27.5 Å². The van der Waals surface area contributed by atoms with Crippen molar-refractivity contribution in [3.05, 3.63) is 51.7 Å². The maximum atomic E-state index is 13.8. The number of benzene rings is 2. The van der Waals surface area contributed by atoms with Gasteiger partial charge in [0.05, 0.1) is 10.2 Å². The molecule has 0 saturated heterocycles. The molecule has 0 heterocycles. The highest BCUT2D eigenvalue weighted by atomic mass is 79.9. The van der Waals surface area contributed by atoms with Crippen molar-refractivity contribution >= 4 is 48.9 Å². The third kappa shape index (κ3) is 3.00. The van der Waals surface area contributed by atoms with E-state index < -0.39 is 15.8 Å². The van der Waals surface area contributed by atoms with E-state index in [0.29, 0.717) is 0 Å². The Bertz CT molecular complexity index is 799. The van der Waals surface area contributed by atoms with E-state index in [9.17, 15) is 12.8 Å². The van der Waals surface area contributed by atoms with Gasteiger partial charge >= 0.3 is 0 Å². The van der Waals surface area contributed by atoms with E-state index in [-0.39, 0.29) is 25.8 Å². The second kappa shape index (κ2) is 5.82. The maximum absolute atomic E-state index is 13.8.